The summed E-state index contributed by atoms with van der Waals surface area (Å²) in [6.07, 6.45) is 2.96. The van der Waals surface area contributed by atoms with Gasteiger partial charge in [-0.05, 0) is 24.3 Å². The first kappa shape index (κ1) is 13.7. The van der Waals surface area contributed by atoms with Crippen LogP contribution in [0.5, 0.6) is 0 Å². The number of nitrogens with one attached hydrogen (secondary N) is 2. The Bertz CT molecular complexity index is 857. The number of nitrogens with zero attached hydrogens (tertiary/aromatic N) is 2. The normalized spacial score (nSPS) is 10.4. The van der Waals surface area contributed by atoms with Crippen molar-refractivity contribution >= 4 is 28.7 Å². The van der Waals surface area contributed by atoms with Gasteiger partial charge in [-0.15, -0.1) is 0 Å². The van der Waals surface area contributed by atoms with Crippen LogP contribution in [0.4, 0.5) is 5.69 Å². The Balaban J connectivity index is 1.83. The van der Waals surface area contributed by atoms with E-state index in [2.05, 4.69) is 25.0 Å². The van der Waals surface area contributed by atoms with Gasteiger partial charge in [0.1, 0.15) is 0 Å². The van der Waals surface area contributed by atoms with Gasteiger partial charge in [0.05, 0.1) is 30.1 Å². The van der Waals surface area contributed by atoms with Gasteiger partial charge >= 0.3 is 5.97 Å². The van der Waals surface area contributed by atoms with E-state index in [-0.39, 0.29) is 5.91 Å². The van der Waals surface area contributed by atoms with Crippen LogP contribution in [0.1, 0.15) is 20.7 Å². The molecule has 0 spiro atoms. The number of benzene rings is 1. The number of imidazole rings is 1. The Morgan fingerprint density at radius 2 is 2.05 bits per heavy atom. The molecule has 0 fully saturated rings. The van der Waals surface area contributed by atoms with Crippen LogP contribution >= 0.6 is 0 Å². The maximum Gasteiger partial charge on any atom is 0.337 e. The Kier molecular flexibility index (Phi) is 3.53. The van der Waals surface area contributed by atoms with E-state index in [1.807, 2.05) is 0 Å². The smallest absolute Gasteiger partial charge is 0.337 e. The van der Waals surface area contributed by atoms with Crippen molar-refractivity contribution in [2.45, 2.75) is 0 Å². The van der Waals surface area contributed by atoms with Crippen molar-refractivity contribution in [3.8, 4) is 0 Å². The highest BCUT2D eigenvalue weighted by atomic mass is 16.5. The van der Waals surface area contributed by atoms with Gasteiger partial charge in [-0.25, -0.2) is 14.8 Å². The second-order valence-electron chi connectivity index (χ2n) is 4.52. The number of ether oxygens (including phenoxy) is 1. The number of hydrogen-bond donors (Lipinski definition) is 2. The number of aromatic nitrogens is 3. The molecule has 0 aliphatic carbocycles. The first-order valence-electron chi connectivity index (χ1n) is 6.46. The molecule has 0 bridgehead atoms. The fraction of sp³-hybridized carbons (Fsp3) is 0.0667. The molecule has 2 aromatic heterocycles. The van der Waals surface area contributed by atoms with Crippen molar-refractivity contribution in [2.24, 2.45) is 0 Å². The largest absolute Gasteiger partial charge is 0.465 e. The highest BCUT2D eigenvalue weighted by Crippen LogP contribution is 2.14. The quantitative estimate of drug-likeness (QED) is 0.720. The van der Waals surface area contributed by atoms with Gasteiger partial charge in [-0.1, -0.05) is 6.07 Å². The molecule has 1 amide bonds. The minimum atomic E-state index is -0.461. The van der Waals surface area contributed by atoms with Crippen molar-refractivity contribution in [2.75, 3.05) is 12.4 Å². The number of rotatable bonds is 3. The maximum atomic E-state index is 12.2. The van der Waals surface area contributed by atoms with Crippen LogP contribution < -0.4 is 5.32 Å². The molecule has 0 atom stereocenters. The number of amides is 1. The molecule has 110 valence electrons. The fourth-order valence-corrected chi connectivity index (χ4v) is 2.00. The monoisotopic (exact) mass is 296 g/mol. The number of carbonyl (C=O) groups is 2. The third kappa shape index (κ3) is 2.64. The zero-order chi connectivity index (χ0) is 15.5. The average Bonchev–Trinajstić information content (AvgIpc) is 3.01. The highest BCUT2D eigenvalue weighted by molar-refractivity contribution is 6.05. The minimum Gasteiger partial charge on any atom is -0.465 e. The highest BCUT2D eigenvalue weighted by Gasteiger charge is 2.11. The first-order chi connectivity index (χ1) is 10.7. The Hall–Kier alpha value is -3.22. The lowest BCUT2D eigenvalue weighted by atomic mass is 10.2. The van der Waals surface area contributed by atoms with Crippen LogP contribution in [0.2, 0.25) is 0 Å². The second-order valence-corrected chi connectivity index (χ2v) is 4.52. The molecule has 0 saturated carbocycles. The molecule has 7 heteroatoms. The van der Waals surface area contributed by atoms with Crippen LogP contribution in [0, 0.1) is 0 Å². The number of hydrogen-bond acceptors (Lipinski definition) is 5. The van der Waals surface area contributed by atoms with E-state index in [1.54, 1.807) is 30.3 Å². The molecule has 2 N–H and O–H groups in total. The lowest BCUT2D eigenvalue weighted by Crippen LogP contribution is -2.13. The van der Waals surface area contributed by atoms with E-state index in [4.69, 9.17) is 0 Å². The topological polar surface area (TPSA) is 97.0 Å². The zero-order valence-electron chi connectivity index (χ0n) is 11.7. The molecule has 0 radical (unpaired) electrons. The van der Waals surface area contributed by atoms with Crippen molar-refractivity contribution in [1.82, 2.24) is 15.0 Å². The molecular weight excluding hydrogens is 284 g/mol. The third-order valence-electron chi connectivity index (χ3n) is 3.08. The number of pyridine rings is 1. The van der Waals surface area contributed by atoms with E-state index >= 15 is 0 Å². The molecule has 7 nitrogen and oxygen atoms in total. The van der Waals surface area contributed by atoms with Gasteiger partial charge in [0.15, 0.2) is 5.65 Å². The molecule has 2 heterocycles. The Morgan fingerprint density at radius 3 is 2.86 bits per heavy atom. The summed E-state index contributed by atoms with van der Waals surface area (Å²) in [7, 11) is 1.30. The second kappa shape index (κ2) is 5.65. The van der Waals surface area contributed by atoms with Crippen molar-refractivity contribution in [3.63, 3.8) is 0 Å². The van der Waals surface area contributed by atoms with Crippen LogP contribution in [-0.2, 0) is 4.74 Å². The lowest BCUT2D eigenvalue weighted by Gasteiger charge is -2.06. The summed E-state index contributed by atoms with van der Waals surface area (Å²) >= 11 is 0. The summed E-state index contributed by atoms with van der Waals surface area (Å²) < 4.78 is 4.65. The molecule has 0 unspecified atom stereocenters. The zero-order valence-corrected chi connectivity index (χ0v) is 11.7. The standard InChI is InChI=1S/C15H12N4O3/c1-22-15(21)9-3-2-4-11(5-9)19-14(20)10-6-12-13(16-7-10)18-8-17-12/h2-8H,1H3,(H,19,20)(H,16,17,18). The van der Waals surface area contributed by atoms with Gasteiger partial charge in [-0.2, -0.15) is 0 Å². The third-order valence-corrected chi connectivity index (χ3v) is 3.08. The van der Waals surface area contributed by atoms with Gasteiger partial charge in [0, 0.05) is 11.9 Å². The summed E-state index contributed by atoms with van der Waals surface area (Å²) in [5, 5.41) is 2.71. The number of fused-ring (bicyclic) bond motifs is 1. The SMILES string of the molecule is COC(=O)c1cccc(NC(=O)c2cnc3nc[nH]c3c2)c1. The van der Waals surface area contributed by atoms with Gasteiger partial charge in [-0.3, -0.25) is 4.79 Å². The lowest BCUT2D eigenvalue weighted by molar-refractivity contribution is 0.0600. The molecule has 0 saturated heterocycles. The fourth-order valence-electron chi connectivity index (χ4n) is 2.00. The molecule has 1 aromatic carbocycles. The summed E-state index contributed by atoms with van der Waals surface area (Å²) in [6.45, 7) is 0. The number of anilines is 1. The summed E-state index contributed by atoms with van der Waals surface area (Å²) in [6, 6.07) is 8.17. The van der Waals surface area contributed by atoms with E-state index < -0.39 is 5.97 Å². The van der Waals surface area contributed by atoms with Gasteiger partial charge in [0.2, 0.25) is 0 Å². The number of aromatic amines is 1. The molecular formula is C15H12N4O3. The van der Waals surface area contributed by atoms with Crippen molar-refractivity contribution in [3.05, 3.63) is 54.0 Å². The molecule has 22 heavy (non-hydrogen) atoms. The van der Waals surface area contributed by atoms with Crippen LogP contribution in [-0.4, -0.2) is 33.9 Å². The predicted octanol–water partition coefficient (Wildman–Crippen LogP) is 2.00. The Labute approximate surface area is 125 Å². The number of methoxy groups -OCH3 is 1. The van der Waals surface area contributed by atoms with Crippen molar-refractivity contribution in [1.29, 1.82) is 0 Å². The van der Waals surface area contributed by atoms with E-state index in [1.165, 1.54) is 19.6 Å². The van der Waals surface area contributed by atoms with Crippen LogP contribution in [0.15, 0.2) is 42.9 Å². The summed E-state index contributed by atoms with van der Waals surface area (Å²) in [4.78, 5) is 34.7. The summed E-state index contributed by atoms with van der Waals surface area (Å²) in [5.74, 6) is -0.789. The van der Waals surface area contributed by atoms with Crippen LogP contribution in [0.3, 0.4) is 0 Å². The van der Waals surface area contributed by atoms with Crippen LogP contribution in [0.25, 0.3) is 11.2 Å². The molecule has 0 aliphatic heterocycles. The first-order valence-corrected chi connectivity index (χ1v) is 6.46. The summed E-state index contributed by atoms with van der Waals surface area (Å²) in [5.41, 5.74) is 2.47. The predicted molar refractivity (Wildman–Crippen MR) is 79.6 cm³/mol. The van der Waals surface area contributed by atoms with E-state index in [0.717, 1.165) is 0 Å². The van der Waals surface area contributed by atoms with Gasteiger partial charge < -0.3 is 15.0 Å². The maximum absolute atomic E-state index is 12.2. The van der Waals surface area contributed by atoms with E-state index in [0.29, 0.717) is 28.0 Å². The number of esters is 1. The minimum absolute atomic E-state index is 0.328. The molecule has 3 aromatic rings. The van der Waals surface area contributed by atoms with Gasteiger partial charge in [0.25, 0.3) is 5.91 Å². The Morgan fingerprint density at radius 1 is 1.18 bits per heavy atom. The molecule has 0 aliphatic rings. The number of carbonyl (C=O) groups excluding carboxylic acids is 2. The van der Waals surface area contributed by atoms with Crippen molar-refractivity contribution < 1.29 is 14.3 Å². The van der Waals surface area contributed by atoms with E-state index in [9.17, 15) is 9.59 Å². The molecule has 3 rings (SSSR count). The number of H-pyrrole nitrogens is 1. The average molecular weight is 296 g/mol.